The largest absolute Gasteiger partial charge is 0.497 e. The van der Waals surface area contributed by atoms with Gasteiger partial charge in [0, 0.05) is 19.2 Å². The van der Waals surface area contributed by atoms with Gasteiger partial charge in [-0.05, 0) is 25.6 Å². The zero-order chi connectivity index (χ0) is 12.0. The molecule has 0 atom stereocenters. The van der Waals surface area contributed by atoms with Crippen molar-refractivity contribution in [3.63, 3.8) is 0 Å². The van der Waals surface area contributed by atoms with Crippen molar-refractivity contribution in [1.29, 1.82) is 0 Å². The second-order valence-electron chi connectivity index (χ2n) is 3.55. The van der Waals surface area contributed by atoms with Crippen LogP contribution in [0.25, 0.3) is 0 Å². The zero-order valence-electron chi connectivity index (χ0n) is 10.4. The van der Waals surface area contributed by atoms with Crippen LogP contribution >= 0.6 is 0 Å². The second kappa shape index (κ2) is 6.23. The Morgan fingerprint density at radius 3 is 2.44 bits per heavy atom. The van der Waals surface area contributed by atoms with Gasteiger partial charge in [0.1, 0.15) is 11.5 Å². The average Bonchev–Trinajstić information content (AvgIpc) is 2.30. The molecule has 1 aromatic carbocycles. The van der Waals surface area contributed by atoms with Gasteiger partial charge in [-0.2, -0.15) is 0 Å². The van der Waals surface area contributed by atoms with Crippen LogP contribution in [0.3, 0.4) is 0 Å². The third kappa shape index (κ3) is 3.03. The van der Waals surface area contributed by atoms with Crippen molar-refractivity contribution in [2.75, 3.05) is 39.7 Å². The molecule has 0 aliphatic carbocycles. The van der Waals surface area contributed by atoms with E-state index in [-0.39, 0.29) is 0 Å². The first-order valence-corrected chi connectivity index (χ1v) is 5.34. The molecule has 16 heavy (non-hydrogen) atoms. The van der Waals surface area contributed by atoms with Crippen molar-refractivity contribution in [2.24, 2.45) is 0 Å². The van der Waals surface area contributed by atoms with Gasteiger partial charge >= 0.3 is 0 Å². The molecule has 0 saturated carbocycles. The summed E-state index contributed by atoms with van der Waals surface area (Å²) < 4.78 is 10.5. The van der Waals surface area contributed by atoms with Crippen LogP contribution in [0, 0.1) is 6.92 Å². The summed E-state index contributed by atoms with van der Waals surface area (Å²) in [6.45, 7) is 3.81. The number of hydrogen-bond donors (Lipinski definition) is 2. The molecule has 0 amide bonds. The second-order valence-corrected chi connectivity index (χ2v) is 3.55. The van der Waals surface area contributed by atoms with Crippen molar-refractivity contribution in [3.05, 3.63) is 17.7 Å². The maximum Gasteiger partial charge on any atom is 0.145 e. The lowest BCUT2D eigenvalue weighted by Crippen LogP contribution is -2.18. The van der Waals surface area contributed by atoms with E-state index in [0.717, 1.165) is 35.8 Å². The molecule has 0 aromatic heterocycles. The Morgan fingerprint density at radius 2 is 1.88 bits per heavy atom. The summed E-state index contributed by atoms with van der Waals surface area (Å²) in [5.41, 5.74) is 2.14. The first kappa shape index (κ1) is 12.6. The van der Waals surface area contributed by atoms with Gasteiger partial charge in [0.2, 0.25) is 0 Å². The van der Waals surface area contributed by atoms with E-state index in [9.17, 15) is 0 Å². The van der Waals surface area contributed by atoms with Crippen molar-refractivity contribution in [3.8, 4) is 11.5 Å². The van der Waals surface area contributed by atoms with Gasteiger partial charge in [0.15, 0.2) is 0 Å². The number of ether oxygens (including phenoxy) is 2. The molecule has 0 heterocycles. The summed E-state index contributed by atoms with van der Waals surface area (Å²) in [6.07, 6.45) is 0. The predicted molar refractivity (Wildman–Crippen MR) is 66.7 cm³/mol. The van der Waals surface area contributed by atoms with Crippen molar-refractivity contribution >= 4 is 5.69 Å². The highest BCUT2D eigenvalue weighted by Crippen LogP contribution is 2.32. The minimum absolute atomic E-state index is 0.813. The number of methoxy groups -OCH3 is 2. The molecule has 0 bridgehead atoms. The van der Waals surface area contributed by atoms with Gasteiger partial charge in [0.05, 0.1) is 19.9 Å². The van der Waals surface area contributed by atoms with Gasteiger partial charge in [-0.25, -0.2) is 0 Å². The Bertz CT molecular complexity index is 340. The topological polar surface area (TPSA) is 42.5 Å². The smallest absolute Gasteiger partial charge is 0.145 e. The van der Waals surface area contributed by atoms with Crippen molar-refractivity contribution in [2.45, 2.75) is 6.92 Å². The van der Waals surface area contributed by atoms with Gasteiger partial charge in [-0.15, -0.1) is 0 Å². The molecule has 0 radical (unpaired) electrons. The summed E-state index contributed by atoms with van der Waals surface area (Å²) in [7, 11) is 5.25. The molecule has 1 rings (SSSR count). The average molecular weight is 224 g/mol. The van der Waals surface area contributed by atoms with E-state index in [1.165, 1.54) is 0 Å². The van der Waals surface area contributed by atoms with Crippen LogP contribution in [0.1, 0.15) is 5.56 Å². The van der Waals surface area contributed by atoms with E-state index in [2.05, 4.69) is 10.6 Å². The summed E-state index contributed by atoms with van der Waals surface area (Å²) in [5, 5.41) is 6.43. The molecule has 0 aliphatic rings. The monoisotopic (exact) mass is 224 g/mol. The third-order valence-electron chi connectivity index (χ3n) is 2.41. The maximum atomic E-state index is 5.34. The highest BCUT2D eigenvalue weighted by molar-refractivity contribution is 5.64. The van der Waals surface area contributed by atoms with E-state index >= 15 is 0 Å². The quantitative estimate of drug-likeness (QED) is 0.721. The normalized spacial score (nSPS) is 10.0. The number of anilines is 1. The minimum Gasteiger partial charge on any atom is -0.497 e. The first-order valence-electron chi connectivity index (χ1n) is 5.34. The van der Waals surface area contributed by atoms with Crippen LogP contribution in [0.15, 0.2) is 12.1 Å². The fourth-order valence-corrected chi connectivity index (χ4v) is 1.54. The molecule has 0 fully saturated rings. The van der Waals surface area contributed by atoms with E-state index in [0.29, 0.717) is 0 Å². The molecular weight excluding hydrogens is 204 g/mol. The highest BCUT2D eigenvalue weighted by Gasteiger charge is 2.08. The van der Waals surface area contributed by atoms with E-state index < -0.39 is 0 Å². The fraction of sp³-hybridized carbons (Fsp3) is 0.500. The van der Waals surface area contributed by atoms with Gasteiger partial charge in [-0.1, -0.05) is 0 Å². The Morgan fingerprint density at radius 1 is 1.12 bits per heavy atom. The number of aryl methyl sites for hydroxylation is 1. The van der Waals surface area contributed by atoms with E-state index in [1.54, 1.807) is 14.2 Å². The summed E-state index contributed by atoms with van der Waals surface area (Å²) in [6, 6.07) is 3.87. The van der Waals surface area contributed by atoms with Crippen LogP contribution in [-0.2, 0) is 0 Å². The molecule has 4 nitrogen and oxygen atoms in total. The van der Waals surface area contributed by atoms with Crippen LogP contribution in [0.2, 0.25) is 0 Å². The Hall–Kier alpha value is -1.42. The molecule has 0 aliphatic heterocycles. The molecule has 0 saturated heterocycles. The lowest BCUT2D eigenvalue weighted by atomic mass is 10.1. The Balaban J connectivity index is 2.88. The molecule has 4 heteroatoms. The SMILES string of the molecule is CNCCNc1c(C)cc(OC)cc1OC. The number of likely N-dealkylation sites (N-methyl/N-ethyl adjacent to an activating group) is 1. The van der Waals surface area contributed by atoms with Crippen LogP contribution in [0.5, 0.6) is 11.5 Å². The fourth-order valence-electron chi connectivity index (χ4n) is 1.54. The zero-order valence-corrected chi connectivity index (χ0v) is 10.4. The molecule has 0 unspecified atom stereocenters. The summed E-state index contributed by atoms with van der Waals surface area (Å²) in [5.74, 6) is 1.63. The van der Waals surface area contributed by atoms with E-state index in [1.807, 2.05) is 26.1 Å². The van der Waals surface area contributed by atoms with Crippen LogP contribution in [0.4, 0.5) is 5.69 Å². The lowest BCUT2D eigenvalue weighted by Gasteiger charge is -2.15. The first-order chi connectivity index (χ1) is 7.72. The van der Waals surface area contributed by atoms with Gasteiger partial charge < -0.3 is 20.1 Å². The standard InChI is InChI=1S/C12H20N2O2/c1-9-7-10(15-3)8-11(16-4)12(9)14-6-5-13-2/h7-8,13-14H,5-6H2,1-4H3. The molecule has 2 N–H and O–H groups in total. The van der Waals surface area contributed by atoms with E-state index in [4.69, 9.17) is 9.47 Å². The van der Waals surface area contributed by atoms with Crippen molar-refractivity contribution < 1.29 is 9.47 Å². The van der Waals surface area contributed by atoms with Crippen LogP contribution in [-0.4, -0.2) is 34.4 Å². The third-order valence-corrected chi connectivity index (χ3v) is 2.41. The number of hydrogen-bond acceptors (Lipinski definition) is 4. The Labute approximate surface area is 96.9 Å². The molecule has 1 aromatic rings. The summed E-state index contributed by atoms with van der Waals surface area (Å²) >= 11 is 0. The lowest BCUT2D eigenvalue weighted by molar-refractivity contribution is 0.395. The Kier molecular flexibility index (Phi) is 4.92. The molecule has 0 spiro atoms. The predicted octanol–water partition coefficient (Wildman–Crippen LogP) is 1.64. The summed E-state index contributed by atoms with van der Waals surface area (Å²) in [4.78, 5) is 0. The maximum absolute atomic E-state index is 5.34. The number of rotatable bonds is 6. The highest BCUT2D eigenvalue weighted by atomic mass is 16.5. The van der Waals surface area contributed by atoms with Gasteiger partial charge in [-0.3, -0.25) is 0 Å². The molecular formula is C12H20N2O2. The number of benzene rings is 1. The van der Waals surface area contributed by atoms with Gasteiger partial charge in [0.25, 0.3) is 0 Å². The molecule has 90 valence electrons. The number of nitrogens with one attached hydrogen (secondary N) is 2. The van der Waals surface area contributed by atoms with Crippen molar-refractivity contribution in [1.82, 2.24) is 5.32 Å². The minimum atomic E-state index is 0.813. The van der Waals surface area contributed by atoms with Crippen LogP contribution < -0.4 is 20.1 Å².